The fraction of sp³-hybridized carbons (Fsp3) is 0.273. The van der Waals surface area contributed by atoms with E-state index in [-0.39, 0.29) is 23.8 Å². The average molecular weight is 407 g/mol. The molecule has 8 heteroatoms. The predicted molar refractivity (Wildman–Crippen MR) is 110 cm³/mol. The maximum Gasteiger partial charge on any atom is 0.254 e. The van der Waals surface area contributed by atoms with Gasteiger partial charge in [-0.3, -0.25) is 4.79 Å². The van der Waals surface area contributed by atoms with Crippen LogP contribution in [-0.4, -0.2) is 33.0 Å². The topological polar surface area (TPSA) is 103 Å². The van der Waals surface area contributed by atoms with Crippen molar-refractivity contribution in [1.29, 1.82) is 0 Å². The van der Waals surface area contributed by atoms with Crippen LogP contribution in [-0.2, 0) is 0 Å². The molecule has 3 N–H and O–H groups in total. The quantitative estimate of drug-likeness (QED) is 0.647. The van der Waals surface area contributed by atoms with Crippen LogP contribution in [0.1, 0.15) is 36.0 Å². The minimum absolute atomic E-state index is 0.0238. The number of rotatable bonds is 6. The molecule has 0 saturated heterocycles. The summed E-state index contributed by atoms with van der Waals surface area (Å²) in [5.74, 6) is 0.600. The number of nitrogens with zero attached hydrogens (tertiary/aromatic N) is 3. The Bertz CT molecular complexity index is 1040. The summed E-state index contributed by atoms with van der Waals surface area (Å²) in [7, 11) is 0. The summed E-state index contributed by atoms with van der Waals surface area (Å²) in [5.41, 5.74) is 6.32. The Morgan fingerprint density at radius 1 is 1.07 bits per heavy atom. The van der Waals surface area contributed by atoms with Crippen LogP contribution in [0.3, 0.4) is 0 Å². The van der Waals surface area contributed by atoms with Crippen LogP contribution < -0.4 is 15.8 Å². The molecule has 1 fully saturated rings. The molecule has 1 saturated carbocycles. The van der Waals surface area contributed by atoms with Crippen molar-refractivity contribution in [3.05, 3.63) is 66.2 Å². The number of benzene rings is 1. The SMILES string of the molecule is NC(=O)c1cccnc1OC1CCC(Nc2ccnc(-c3cccc(F)c3)n2)CC1. The Balaban J connectivity index is 1.35. The zero-order valence-corrected chi connectivity index (χ0v) is 16.3. The summed E-state index contributed by atoms with van der Waals surface area (Å²) in [6.45, 7) is 0. The highest BCUT2D eigenvalue weighted by molar-refractivity contribution is 5.94. The Labute approximate surface area is 173 Å². The number of pyridine rings is 1. The molecule has 154 valence electrons. The molecule has 3 aromatic rings. The minimum Gasteiger partial charge on any atom is -0.474 e. The van der Waals surface area contributed by atoms with Gasteiger partial charge in [-0.05, 0) is 56.0 Å². The zero-order chi connectivity index (χ0) is 20.9. The summed E-state index contributed by atoms with van der Waals surface area (Å²) in [6.07, 6.45) is 6.61. The van der Waals surface area contributed by atoms with Gasteiger partial charge in [-0.1, -0.05) is 12.1 Å². The minimum atomic E-state index is -0.550. The van der Waals surface area contributed by atoms with E-state index in [9.17, 15) is 9.18 Å². The van der Waals surface area contributed by atoms with E-state index in [1.165, 1.54) is 12.1 Å². The second-order valence-corrected chi connectivity index (χ2v) is 7.23. The van der Waals surface area contributed by atoms with Gasteiger partial charge in [0.05, 0.1) is 0 Å². The van der Waals surface area contributed by atoms with Crippen LogP contribution in [0.2, 0.25) is 0 Å². The summed E-state index contributed by atoms with van der Waals surface area (Å²) in [5, 5.41) is 3.43. The number of halogens is 1. The molecule has 0 radical (unpaired) electrons. The van der Waals surface area contributed by atoms with Gasteiger partial charge in [-0.25, -0.2) is 19.3 Å². The van der Waals surface area contributed by atoms with Crippen LogP contribution in [0.25, 0.3) is 11.4 Å². The molecule has 0 aliphatic heterocycles. The Hall–Kier alpha value is -3.55. The molecule has 0 bridgehead atoms. The molecular weight excluding hydrogens is 385 g/mol. The third-order valence-electron chi connectivity index (χ3n) is 5.08. The first-order chi connectivity index (χ1) is 14.6. The number of carbonyl (C=O) groups excluding carboxylic acids is 1. The van der Waals surface area contributed by atoms with Gasteiger partial charge < -0.3 is 15.8 Å². The molecule has 1 aliphatic rings. The van der Waals surface area contributed by atoms with Crippen molar-refractivity contribution in [3.8, 4) is 17.3 Å². The number of aromatic nitrogens is 3. The smallest absolute Gasteiger partial charge is 0.254 e. The fourth-order valence-corrected chi connectivity index (χ4v) is 3.57. The number of hydrogen-bond acceptors (Lipinski definition) is 6. The van der Waals surface area contributed by atoms with E-state index in [0.29, 0.717) is 22.8 Å². The molecule has 7 nitrogen and oxygen atoms in total. The van der Waals surface area contributed by atoms with Crippen molar-refractivity contribution in [3.63, 3.8) is 0 Å². The Morgan fingerprint density at radius 3 is 2.67 bits per heavy atom. The molecule has 2 heterocycles. The van der Waals surface area contributed by atoms with Crippen LogP contribution in [0, 0.1) is 5.82 Å². The summed E-state index contributed by atoms with van der Waals surface area (Å²) in [6, 6.07) is 11.5. The van der Waals surface area contributed by atoms with Crippen LogP contribution in [0.4, 0.5) is 10.2 Å². The van der Waals surface area contributed by atoms with Crippen LogP contribution in [0.15, 0.2) is 54.9 Å². The van der Waals surface area contributed by atoms with E-state index in [2.05, 4.69) is 20.3 Å². The van der Waals surface area contributed by atoms with Gasteiger partial charge >= 0.3 is 0 Å². The van der Waals surface area contributed by atoms with E-state index in [0.717, 1.165) is 25.7 Å². The number of hydrogen-bond donors (Lipinski definition) is 2. The normalized spacial score (nSPS) is 18.6. The van der Waals surface area contributed by atoms with Gasteiger partial charge in [-0.2, -0.15) is 0 Å². The van der Waals surface area contributed by atoms with Crippen LogP contribution >= 0.6 is 0 Å². The standard InChI is InChI=1S/C22H22FN5O2/c23-15-4-1-3-14(13-15)21-25-12-10-19(28-21)27-16-6-8-17(9-7-16)30-22-18(20(24)29)5-2-11-26-22/h1-5,10-13,16-17H,6-9H2,(H2,24,29)(H,25,27,28). The Kier molecular flexibility index (Phi) is 5.83. The van der Waals surface area contributed by atoms with Gasteiger partial charge in [0.15, 0.2) is 5.82 Å². The van der Waals surface area contributed by atoms with E-state index in [1.807, 2.05) is 0 Å². The molecule has 1 aromatic carbocycles. The molecule has 2 aromatic heterocycles. The largest absolute Gasteiger partial charge is 0.474 e. The summed E-state index contributed by atoms with van der Waals surface area (Å²) >= 11 is 0. The van der Waals surface area contributed by atoms with Crippen molar-refractivity contribution < 1.29 is 13.9 Å². The number of amides is 1. The van der Waals surface area contributed by atoms with E-state index in [1.54, 1.807) is 42.7 Å². The van der Waals surface area contributed by atoms with Gasteiger partial charge in [0.1, 0.15) is 23.3 Å². The summed E-state index contributed by atoms with van der Waals surface area (Å²) in [4.78, 5) is 24.4. The molecular formula is C22H22FN5O2. The highest BCUT2D eigenvalue weighted by Crippen LogP contribution is 2.27. The zero-order valence-electron chi connectivity index (χ0n) is 16.3. The molecule has 4 rings (SSSR count). The molecule has 1 aliphatic carbocycles. The number of nitrogens with two attached hydrogens (primary N) is 1. The Morgan fingerprint density at radius 2 is 1.90 bits per heavy atom. The first kappa shape index (κ1) is 19.8. The first-order valence-electron chi connectivity index (χ1n) is 9.85. The van der Waals surface area contributed by atoms with E-state index >= 15 is 0 Å². The van der Waals surface area contributed by atoms with Crippen molar-refractivity contribution in [1.82, 2.24) is 15.0 Å². The molecule has 0 atom stereocenters. The number of primary amides is 1. The van der Waals surface area contributed by atoms with Crippen molar-refractivity contribution >= 4 is 11.7 Å². The van der Waals surface area contributed by atoms with Gasteiger partial charge in [0.25, 0.3) is 5.91 Å². The van der Waals surface area contributed by atoms with Crippen molar-refractivity contribution in [2.24, 2.45) is 5.73 Å². The van der Waals surface area contributed by atoms with Crippen molar-refractivity contribution in [2.75, 3.05) is 5.32 Å². The predicted octanol–water partition coefficient (Wildman–Crippen LogP) is 3.58. The molecule has 0 unspecified atom stereocenters. The number of carbonyl (C=O) groups is 1. The van der Waals surface area contributed by atoms with Crippen LogP contribution in [0.5, 0.6) is 5.88 Å². The first-order valence-corrected chi connectivity index (χ1v) is 9.85. The number of ether oxygens (including phenoxy) is 1. The number of nitrogens with one attached hydrogen (secondary N) is 1. The fourth-order valence-electron chi connectivity index (χ4n) is 3.57. The lowest BCUT2D eigenvalue weighted by Gasteiger charge is -2.29. The second kappa shape index (κ2) is 8.86. The molecule has 30 heavy (non-hydrogen) atoms. The molecule has 1 amide bonds. The maximum absolute atomic E-state index is 13.5. The molecule has 0 spiro atoms. The third-order valence-corrected chi connectivity index (χ3v) is 5.08. The van der Waals surface area contributed by atoms with E-state index < -0.39 is 5.91 Å². The number of anilines is 1. The highest BCUT2D eigenvalue weighted by Gasteiger charge is 2.24. The van der Waals surface area contributed by atoms with Gasteiger partial charge in [0.2, 0.25) is 5.88 Å². The van der Waals surface area contributed by atoms with Gasteiger partial charge in [0, 0.05) is 24.0 Å². The highest BCUT2D eigenvalue weighted by atomic mass is 19.1. The lowest BCUT2D eigenvalue weighted by atomic mass is 9.93. The summed E-state index contributed by atoms with van der Waals surface area (Å²) < 4.78 is 19.4. The van der Waals surface area contributed by atoms with Crippen molar-refractivity contribution in [2.45, 2.75) is 37.8 Å². The second-order valence-electron chi connectivity index (χ2n) is 7.23. The third kappa shape index (κ3) is 4.71. The lowest BCUT2D eigenvalue weighted by molar-refractivity contribution is 0.0983. The van der Waals surface area contributed by atoms with E-state index in [4.69, 9.17) is 10.5 Å². The lowest BCUT2D eigenvalue weighted by Crippen LogP contribution is -2.32. The average Bonchev–Trinajstić information content (AvgIpc) is 2.76. The monoisotopic (exact) mass is 407 g/mol. The van der Waals surface area contributed by atoms with Gasteiger partial charge in [-0.15, -0.1) is 0 Å². The maximum atomic E-state index is 13.5.